The molecule has 0 radical (unpaired) electrons. The smallest absolute Gasteiger partial charge is 0.328 e. The van der Waals surface area contributed by atoms with Crippen molar-refractivity contribution in [3.05, 3.63) is 34.6 Å². The third-order valence-corrected chi connectivity index (χ3v) is 2.04. The molecule has 1 aromatic carbocycles. The summed E-state index contributed by atoms with van der Waals surface area (Å²) in [5.74, 6) is -2.94. The summed E-state index contributed by atoms with van der Waals surface area (Å²) in [6.07, 6.45) is 0. The van der Waals surface area contributed by atoms with Crippen LogP contribution >= 0.6 is 11.6 Å². The van der Waals surface area contributed by atoms with E-state index in [0.29, 0.717) is 0 Å². The van der Waals surface area contributed by atoms with E-state index in [1.807, 2.05) is 0 Å². The minimum atomic E-state index is -1.66. The lowest BCUT2D eigenvalue weighted by Crippen LogP contribution is -2.38. The van der Waals surface area contributed by atoms with Gasteiger partial charge in [0, 0.05) is 5.56 Å². The Labute approximate surface area is 89.5 Å². The van der Waals surface area contributed by atoms with Crippen molar-refractivity contribution >= 4 is 23.4 Å². The molecule has 1 atom stereocenters. The molecule has 80 valence electrons. The van der Waals surface area contributed by atoms with E-state index in [0.717, 1.165) is 18.2 Å². The predicted molar refractivity (Wildman–Crippen MR) is 51.4 cm³/mol. The number of nitrogens with two attached hydrogens (primary N) is 1. The van der Waals surface area contributed by atoms with Gasteiger partial charge in [0.2, 0.25) is 0 Å². The van der Waals surface area contributed by atoms with Gasteiger partial charge in [0.05, 0.1) is 5.02 Å². The summed E-state index contributed by atoms with van der Waals surface area (Å²) in [6.45, 7) is 0. The number of carboxylic acids is 1. The van der Waals surface area contributed by atoms with Crippen molar-refractivity contribution in [3.63, 3.8) is 0 Å². The molecular formula is C9H7ClFNO3. The molecule has 0 heterocycles. The summed E-state index contributed by atoms with van der Waals surface area (Å²) in [4.78, 5) is 21.8. The highest BCUT2D eigenvalue weighted by molar-refractivity contribution is 6.31. The van der Waals surface area contributed by atoms with E-state index in [1.54, 1.807) is 0 Å². The van der Waals surface area contributed by atoms with Crippen LogP contribution in [0.4, 0.5) is 4.39 Å². The number of ketones is 1. The second-order valence-corrected chi connectivity index (χ2v) is 3.22. The highest BCUT2D eigenvalue weighted by Gasteiger charge is 2.23. The van der Waals surface area contributed by atoms with Gasteiger partial charge in [-0.1, -0.05) is 11.6 Å². The van der Waals surface area contributed by atoms with Gasteiger partial charge in [0.1, 0.15) is 5.82 Å². The molecule has 3 N–H and O–H groups in total. The number of hydrogen-bond donors (Lipinski definition) is 2. The maximum absolute atomic E-state index is 12.7. The van der Waals surface area contributed by atoms with Crippen LogP contribution in [0.15, 0.2) is 18.2 Å². The first-order valence-electron chi connectivity index (χ1n) is 3.91. The molecule has 0 saturated carbocycles. The molecule has 6 heteroatoms. The lowest BCUT2D eigenvalue weighted by Gasteiger charge is -2.05. The summed E-state index contributed by atoms with van der Waals surface area (Å²) in [6, 6.07) is 1.49. The second-order valence-electron chi connectivity index (χ2n) is 2.81. The zero-order chi connectivity index (χ0) is 11.6. The predicted octanol–water partition coefficient (Wildman–Crippen LogP) is 1.07. The van der Waals surface area contributed by atoms with Crippen LogP contribution < -0.4 is 5.73 Å². The van der Waals surface area contributed by atoms with Crippen molar-refractivity contribution in [1.29, 1.82) is 0 Å². The molecule has 1 aromatic rings. The van der Waals surface area contributed by atoms with E-state index in [2.05, 4.69) is 0 Å². The fraction of sp³-hybridized carbons (Fsp3) is 0.111. The third kappa shape index (κ3) is 2.51. The minimum absolute atomic E-state index is 0.0312. The summed E-state index contributed by atoms with van der Waals surface area (Å²) in [5.41, 5.74) is 5.06. The van der Waals surface area contributed by atoms with Crippen molar-refractivity contribution in [2.24, 2.45) is 5.73 Å². The first kappa shape index (κ1) is 11.6. The normalized spacial score (nSPS) is 12.2. The molecule has 0 bridgehead atoms. The molecule has 0 fully saturated rings. The van der Waals surface area contributed by atoms with Crippen molar-refractivity contribution in [1.82, 2.24) is 0 Å². The Morgan fingerprint density at radius 3 is 2.53 bits per heavy atom. The Morgan fingerprint density at radius 2 is 2.07 bits per heavy atom. The number of carbonyl (C=O) groups excluding carboxylic acids is 1. The Morgan fingerprint density at radius 1 is 1.47 bits per heavy atom. The van der Waals surface area contributed by atoms with E-state index < -0.39 is 23.6 Å². The van der Waals surface area contributed by atoms with Crippen molar-refractivity contribution in [2.45, 2.75) is 6.04 Å². The molecule has 4 nitrogen and oxygen atoms in total. The monoisotopic (exact) mass is 231 g/mol. The first-order chi connectivity index (χ1) is 6.93. The molecule has 1 rings (SSSR count). The van der Waals surface area contributed by atoms with Gasteiger partial charge in [-0.3, -0.25) is 9.59 Å². The molecule has 1 unspecified atom stereocenters. The molecule has 0 aliphatic heterocycles. The SMILES string of the molecule is NC(C(=O)O)C(=O)c1ccc(F)c(Cl)c1. The van der Waals surface area contributed by atoms with Crippen LogP contribution in [0.5, 0.6) is 0 Å². The summed E-state index contributed by atoms with van der Waals surface area (Å²) in [5, 5.41) is 8.23. The van der Waals surface area contributed by atoms with Crippen LogP contribution in [-0.4, -0.2) is 22.9 Å². The zero-order valence-corrected chi connectivity index (χ0v) is 8.16. The summed E-state index contributed by atoms with van der Waals surface area (Å²) in [7, 11) is 0. The van der Waals surface area contributed by atoms with Gasteiger partial charge in [0.25, 0.3) is 0 Å². The second kappa shape index (κ2) is 4.37. The molecule has 0 amide bonds. The van der Waals surface area contributed by atoms with Crippen LogP contribution in [0.2, 0.25) is 5.02 Å². The van der Waals surface area contributed by atoms with Gasteiger partial charge >= 0.3 is 5.97 Å². The topological polar surface area (TPSA) is 80.4 Å². The van der Waals surface area contributed by atoms with E-state index in [9.17, 15) is 14.0 Å². The number of carbonyl (C=O) groups is 2. The maximum atomic E-state index is 12.7. The molecule has 0 aliphatic rings. The number of rotatable bonds is 3. The molecule has 0 aliphatic carbocycles. The number of Topliss-reactive ketones (excluding diaryl/α,β-unsaturated/α-hetero) is 1. The molecule has 0 spiro atoms. The van der Waals surface area contributed by atoms with E-state index in [-0.39, 0.29) is 10.6 Å². The van der Waals surface area contributed by atoms with Crippen LogP contribution in [0.25, 0.3) is 0 Å². The molecule has 0 saturated heterocycles. The number of halogens is 2. The third-order valence-electron chi connectivity index (χ3n) is 1.75. The molecule has 15 heavy (non-hydrogen) atoms. The lowest BCUT2D eigenvalue weighted by molar-refractivity contribution is -0.137. The van der Waals surface area contributed by atoms with Crippen LogP contribution in [-0.2, 0) is 4.79 Å². The average molecular weight is 232 g/mol. The van der Waals surface area contributed by atoms with Crippen molar-refractivity contribution in [2.75, 3.05) is 0 Å². The van der Waals surface area contributed by atoms with Crippen LogP contribution in [0, 0.1) is 5.82 Å². The van der Waals surface area contributed by atoms with Gasteiger partial charge in [-0.05, 0) is 18.2 Å². The fourth-order valence-electron chi connectivity index (χ4n) is 0.941. The summed E-state index contributed by atoms with van der Waals surface area (Å²) < 4.78 is 12.7. The largest absolute Gasteiger partial charge is 0.480 e. The van der Waals surface area contributed by atoms with E-state index >= 15 is 0 Å². The van der Waals surface area contributed by atoms with E-state index in [1.165, 1.54) is 0 Å². The van der Waals surface area contributed by atoms with E-state index in [4.69, 9.17) is 22.4 Å². The van der Waals surface area contributed by atoms with Gasteiger partial charge in [-0.15, -0.1) is 0 Å². The Hall–Kier alpha value is -1.46. The van der Waals surface area contributed by atoms with Gasteiger partial charge in [-0.2, -0.15) is 0 Å². The Balaban J connectivity index is 3.02. The minimum Gasteiger partial charge on any atom is -0.480 e. The van der Waals surface area contributed by atoms with Crippen LogP contribution in [0.1, 0.15) is 10.4 Å². The quantitative estimate of drug-likeness (QED) is 0.602. The van der Waals surface area contributed by atoms with Gasteiger partial charge in [-0.25, -0.2) is 4.39 Å². The first-order valence-corrected chi connectivity index (χ1v) is 4.29. The number of carboxylic acid groups (broad SMARTS) is 1. The summed E-state index contributed by atoms with van der Waals surface area (Å²) >= 11 is 5.43. The highest BCUT2D eigenvalue weighted by Crippen LogP contribution is 2.16. The average Bonchev–Trinajstić information content (AvgIpc) is 2.19. The Kier molecular flexibility index (Phi) is 3.39. The zero-order valence-electron chi connectivity index (χ0n) is 7.41. The van der Waals surface area contributed by atoms with Gasteiger partial charge < -0.3 is 10.8 Å². The number of benzene rings is 1. The number of aliphatic carboxylic acids is 1. The fourth-order valence-corrected chi connectivity index (χ4v) is 1.12. The van der Waals surface area contributed by atoms with Crippen molar-refractivity contribution in [3.8, 4) is 0 Å². The molecule has 0 aromatic heterocycles. The standard InChI is InChI=1S/C9H7ClFNO3/c10-5-3-4(1-2-6(5)11)8(13)7(12)9(14)15/h1-3,7H,12H2,(H,14,15). The lowest BCUT2D eigenvalue weighted by atomic mass is 10.1. The van der Waals surface area contributed by atoms with Crippen LogP contribution in [0.3, 0.4) is 0 Å². The Bertz CT molecular complexity index is 422. The highest BCUT2D eigenvalue weighted by atomic mass is 35.5. The maximum Gasteiger partial charge on any atom is 0.328 e. The van der Waals surface area contributed by atoms with Crippen molar-refractivity contribution < 1.29 is 19.1 Å². The molecular weight excluding hydrogens is 225 g/mol. The van der Waals surface area contributed by atoms with Gasteiger partial charge in [0.15, 0.2) is 11.8 Å². The number of hydrogen-bond acceptors (Lipinski definition) is 3.